The van der Waals surface area contributed by atoms with Gasteiger partial charge in [-0.05, 0) is 39.5 Å². The number of thiophene rings is 1. The van der Waals surface area contributed by atoms with Gasteiger partial charge in [0.05, 0.1) is 11.1 Å². The number of hydrogen-bond acceptors (Lipinski definition) is 5. The van der Waals surface area contributed by atoms with Crippen molar-refractivity contribution >= 4 is 44.1 Å². The van der Waals surface area contributed by atoms with Gasteiger partial charge in [-0.1, -0.05) is 12.1 Å². The summed E-state index contributed by atoms with van der Waals surface area (Å²) in [5.41, 5.74) is 0.726. The van der Waals surface area contributed by atoms with Crippen molar-refractivity contribution in [3.8, 4) is 6.07 Å². The van der Waals surface area contributed by atoms with Crippen LogP contribution in [0.2, 0.25) is 0 Å². The summed E-state index contributed by atoms with van der Waals surface area (Å²) in [5, 5.41) is 13.5. The Hall–Kier alpha value is -2.17. The maximum absolute atomic E-state index is 11.8. The van der Waals surface area contributed by atoms with Crippen LogP contribution in [0.1, 0.15) is 15.9 Å². The third-order valence-electron chi connectivity index (χ3n) is 2.47. The molecule has 106 valence electrons. The van der Waals surface area contributed by atoms with Crippen LogP contribution in [0.3, 0.4) is 0 Å². The fourth-order valence-electron chi connectivity index (χ4n) is 1.49. The van der Waals surface area contributed by atoms with Gasteiger partial charge in [-0.3, -0.25) is 4.79 Å². The number of esters is 1. The minimum absolute atomic E-state index is 0.346. The lowest BCUT2D eigenvalue weighted by atomic mass is 10.2. The van der Waals surface area contributed by atoms with E-state index in [2.05, 4.69) is 21.2 Å². The summed E-state index contributed by atoms with van der Waals surface area (Å²) in [6.45, 7) is -0.414. The Morgan fingerprint density at radius 2 is 2.10 bits per heavy atom. The Morgan fingerprint density at radius 1 is 1.33 bits per heavy atom. The summed E-state index contributed by atoms with van der Waals surface area (Å²) in [6, 6.07) is 10.3. The van der Waals surface area contributed by atoms with Crippen molar-refractivity contribution in [1.29, 1.82) is 5.26 Å². The lowest BCUT2D eigenvalue weighted by molar-refractivity contribution is -0.119. The van der Waals surface area contributed by atoms with Crippen LogP contribution in [0.5, 0.6) is 0 Å². The van der Waals surface area contributed by atoms with Gasteiger partial charge in [0.25, 0.3) is 5.91 Å². The Balaban J connectivity index is 1.92. The molecule has 0 fully saturated rings. The highest BCUT2D eigenvalue weighted by atomic mass is 79.9. The molecule has 0 spiro atoms. The molecule has 0 aliphatic carbocycles. The van der Waals surface area contributed by atoms with Gasteiger partial charge < -0.3 is 10.1 Å². The van der Waals surface area contributed by atoms with Gasteiger partial charge >= 0.3 is 5.97 Å². The third kappa shape index (κ3) is 3.90. The van der Waals surface area contributed by atoms with E-state index in [1.807, 2.05) is 6.07 Å². The molecule has 2 aromatic rings. The van der Waals surface area contributed by atoms with Crippen molar-refractivity contribution in [2.75, 3.05) is 11.9 Å². The largest absolute Gasteiger partial charge is 0.452 e. The van der Waals surface area contributed by atoms with Crippen LogP contribution in [-0.2, 0) is 9.53 Å². The van der Waals surface area contributed by atoms with E-state index in [0.29, 0.717) is 20.6 Å². The van der Waals surface area contributed by atoms with E-state index >= 15 is 0 Å². The zero-order valence-corrected chi connectivity index (χ0v) is 13.0. The average Bonchev–Trinajstić information content (AvgIpc) is 2.92. The van der Waals surface area contributed by atoms with Crippen molar-refractivity contribution < 1.29 is 14.3 Å². The molecule has 1 N–H and O–H groups in total. The molecule has 0 saturated heterocycles. The second-order valence-corrected chi connectivity index (χ2v) is 5.65. The van der Waals surface area contributed by atoms with Crippen LogP contribution in [0.15, 0.2) is 40.2 Å². The van der Waals surface area contributed by atoms with E-state index in [4.69, 9.17) is 10.00 Å². The lowest BCUT2D eigenvalue weighted by Crippen LogP contribution is -2.21. The molecule has 0 aliphatic heterocycles. The molecule has 0 atom stereocenters. The number of anilines is 1. The molecule has 0 aliphatic rings. The first-order valence-corrected chi connectivity index (χ1v) is 7.48. The molecule has 1 heterocycles. The summed E-state index contributed by atoms with van der Waals surface area (Å²) in [6.07, 6.45) is 0. The Bertz CT molecular complexity index is 721. The zero-order chi connectivity index (χ0) is 15.2. The molecular formula is C14H9BrN2O3S. The fraction of sp³-hybridized carbons (Fsp3) is 0.0714. The lowest BCUT2D eigenvalue weighted by Gasteiger charge is -2.06. The van der Waals surface area contributed by atoms with Gasteiger partial charge in [0.2, 0.25) is 0 Å². The maximum atomic E-state index is 11.8. The molecule has 7 heteroatoms. The molecule has 0 saturated carbocycles. The highest BCUT2D eigenvalue weighted by Gasteiger charge is 2.14. The number of benzene rings is 1. The normalized spacial score (nSPS) is 9.71. The van der Waals surface area contributed by atoms with Gasteiger partial charge in [-0.25, -0.2) is 4.79 Å². The molecule has 5 nitrogen and oxygen atoms in total. The number of carbonyl (C=O) groups is 2. The van der Waals surface area contributed by atoms with Crippen LogP contribution >= 0.6 is 27.3 Å². The first kappa shape index (κ1) is 15.2. The Labute approximate surface area is 133 Å². The van der Waals surface area contributed by atoms with Crippen molar-refractivity contribution in [1.82, 2.24) is 0 Å². The number of carbonyl (C=O) groups excluding carboxylic acids is 2. The van der Waals surface area contributed by atoms with E-state index in [-0.39, 0.29) is 0 Å². The van der Waals surface area contributed by atoms with Gasteiger partial charge in [-0.15, -0.1) is 11.3 Å². The first-order valence-electron chi connectivity index (χ1n) is 5.81. The quantitative estimate of drug-likeness (QED) is 0.844. The summed E-state index contributed by atoms with van der Waals surface area (Å²) < 4.78 is 5.53. The van der Waals surface area contributed by atoms with Crippen LogP contribution in [0.4, 0.5) is 5.00 Å². The van der Waals surface area contributed by atoms with Gasteiger partial charge in [0.15, 0.2) is 6.61 Å². The van der Waals surface area contributed by atoms with Gasteiger partial charge in [0.1, 0.15) is 11.1 Å². The number of amides is 1. The van der Waals surface area contributed by atoms with E-state index in [9.17, 15) is 9.59 Å². The minimum Gasteiger partial charge on any atom is -0.452 e. The second-order valence-electron chi connectivity index (χ2n) is 3.88. The minimum atomic E-state index is -0.593. The molecule has 0 radical (unpaired) electrons. The third-order valence-corrected chi connectivity index (χ3v) is 3.99. The highest BCUT2D eigenvalue weighted by molar-refractivity contribution is 9.10. The number of nitriles is 1. The Kier molecular flexibility index (Phi) is 5.09. The first-order chi connectivity index (χ1) is 10.1. The summed E-state index contributed by atoms with van der Waals surface area (Å²) in [7, 11) is 0. The molecule has 2 rings (SSSR count). The SMILES string of the molecule is N#Cc1ccsc1NC(=O)COC(=O)c1ccccc1Br. The number of nitrogens with zero attached hydrogens (tertiary/aromatic N) is 1. The van der Waals surface area contributed by atoms with Crippen molar-refractivity contribution in [2.45, 2.75) is 0 Å². The smallest absolute Gasteiger partial charge is 0.339 e. The fourth-order valence-corrected chi connectivity index (χ4v) is 2.69. The number of halogens is 1. The molecule has 1 aromatic heterocycles. The zero-order valence-electron chi connectivity index (χ0n) is 10.6. The second kappa shape index (κ2) is 7.02. The molecule has 1 aromatic carbocycles. The van der Waals surface area contributed by atoms with Crippen molar-refractivity contribution in [3.63, 3.8) is 0 Å². The maximum Gasteiger partial charge on any atom is 0.339 e. The summed E-state index contributed by atoms with van der Waals surface area (Å²) >= 11 is 4.47. The van der Waals surface area contributed by atoms with Gasteiger partial charge in [-0.2, -0.15) is 5.26 Å². The van der Waals surface area contributed by atoms with E-state index in [1.165, 1.54) is 11.3 Å². The number of rotatable bonds is 4. The summed E-state index contributed by atoms with van der Waals surface area (Å²) in [5.74, 6) is -1.08. The highest BCUT2D eigenvalue weighted by Crippen LogP contribution is 2.22. The van der Waals surface area contributed by atoms with Crippen LogP contribution in [-0.4, -0.2) is 18.5 Å². The van der Waals surface area contributed by atoms with Crippen LogP contribution < -0.4 is 5.32 Å². The van der Waals surface area contributed by atoms with Crippen molar-refractivity contribution in [2.24, 2.45) is 0 Å². The molecule has 1 amide bonds. The summed E-state index contributed by atoms with van der Waals surface area (Å²) in [4.78, 5) is 23.5. The van der Waals surface area contributed by atoms with Crippen molar-refractivity contribution in [3.05, 3.63) is 51.3 Å². The van der Waals surface area contributed by atoms with Crippen LogP contribution in [0, 0.1) is 11.3 Å². The predicted octanol–water partition coefficient (Wildman–Crippen LogP) is 3.18. The number of nitrogens with one attached hydrogen (secondary N) is 1. The van der Waals surface area contributed by atoms with E-state index in [1.54, 1.807) is 35.7 Å². The molecule has 21 heavy (non-hydrogen) atoms. The molecular weight excluding hydrogens is 356 g/mol. The van der Waals surface area contributed by atoms with Gasteiger partial charge in [0, 0.05) is 4.47 Å². The van der Waals surface area contributed by atoms with E-state index < -0.39 is 18.5 Å². The predicted molar refractivity (Wildman–Crippen MR) is 82.1 cm³/mol. The number of hydrogen-bond donors (Lipinski definition) is 1. The topological polar surface area (TPSA) is 79.2 Å². The molecule has 0 unspecified atom stereocenters. The average molecular weight is 365 g/mol. The molecule has 0 bridgehead atoms. The standard InChI is InChI=1S/C14H9BrN2O3S/c15-11-4-2-1-3-10(11)14(19)20-8-12(18)17-13-9(7-16)5-6-21-13/h1-6H,8H2,(H,17,18). The van der Waals surface area contributed by atoms with Crippen LogP contribution in [0.25, 0.3) is 0 Å². The monoisotopic (exact) mass is 364 g/mol. The number of ether oxygens (including phenoxy) is 1. The Morgan fingerprint density at radius 3 is 2.81 bits per heavy atom. The van der Waals surface area contributed by atoms with E-state index in [0.717, 1.165) is 0 Å².